The molecule has 2 aliphatic rings. The van der Waals surface area contributed by atoms with E-state index in [1.54, 1.807) is 36.0 Å². The number of piperidine rings is 1. The summed E-state index contributed by atoms with van der Waals surface area (Å²) in [4.78, 5) is 34.2. The molecular formula is C59H63ClN6O7S2. The third kappa shape index (κ3) is 12.9. The van der Waals surface area contributed by atoms with E-state index in [9.17, 15) is 28.2 Å². The standard InChI is InChI=1S/C59H63ClN6O7S2/c1-4-66-41(3)55(59(70)73-51-23-15-43(16-24-51)58(68)69)56(57(66)42-13-17-45(60)18-14-42)44-9-8-10-49(38-44)65-35-33-64(34-36-65)48-21-19-46(20-22-48)62-75(71,72)53-25-26-54(40(2)37-53)61-47(39-74-52-11-6-5-7-12-52)27-30-63-31-28-50(67)29-32-63/h5-26,37-38,47,50,61-62,67H,4,27-36,39H2,1-3H3,(H,68,69)/t47-/m1/s1. The van der Waals surface area contributed by atoms with Crippen molar-refractivity contribution in [2.75, 3.05) is 71.4 Å². The van der Waals surface area contributed by atoms with Crippen molar-refractivity contribution in [2.24, 2.45) is 0 Å². The number of rotatable bonds is 19. The van der Waals surface area contributed by atoms with Crippen molar-refractivity contribution in [1.82, 2.24) is 9.47 Å². The van der Waals surface area contributed by atoms with Gasteiger partial charge in [-0.2, -0.15) is 0 Å². The van der Waals surface area contributed by atoms with E-state index in [-0.39, 0.29) is 28.4 Å². The van der Waals surface area contributed by atoms with Crippen LogP contribution in [0.4, 0.5) is 22.7 Å². The molecule has 2 aliphatic heterocycles. The molecule has 0 spiro atoms. The molecule has 16 heteroatoms. The molecule has 1 aromatic heterocycles. The van der Waals surface area contributed by atoms with Gasteiger partial charge in [-0.05, 0) is 160 Å². The molecule has 2 fully saturated rings. The molecule has 390 valence electrons. The Morgan fingerprint density at radius 3 is 2.11 bits per heavy atom. The van der Waals surface area contributed by atoms with Crippen LogP contribution in [0.1, 0.15) is 58.2 Å². The number of nitrogens with zero attached hydrogens (tertiary/aromatic N) is 4. The van der Waals surface area contributed by atoms with Crippen LogP contribution in [0.2, 0.25) is 5.02 Å². The zero-order valence-corrected chi connectivity index (χ0v) is 44.8. The summed E-state index contributed by atoms with van der Waals surface area (Å²) in [7, 11) is -3.88. The zero-order chi connectivity index (χ0) is 52.6. The number of carbonyl (C=O) groups is 2. The predicted octanol–water partition coefficient (Wildman–Crippen LogP) is 11.6. The highest BCUT2D eigenvalue weighted by molar-refractivity contribution is 7.99. The first-order valence-electron chi connectivity index (χ1n) is 25.5. The molecule has 75 heavy (non-hydrogen) atoms. The summed E-state index contributed by atoms with van der Waals surface area (Å²) in [6.45, 7) is 12.1. The van der Waals surface area contributed by atoms with Gasteiger partial charge >= 0.3 is 11.9 Å². The van der Waals surface area contributed by atoms with Crippen molar-refractivity contribution in [3.05, 3.63) is 173 Å². The molecule has 7 aromatic rings. The number of hydrogen-bond donors (Lipinski definition) is 4. The van der Waals surface area contributed by atoms with Crippen molar-refractivity contribution < 1.29 is 33.0 Å². The number of likely N-dealkylation sites (tertiary alicyclic amines) is 1. The molecule has 0 unspecified atom stereocenters. The number of aromatic nitrogens is 1. The molecule has 1 atom stereocenters. The molecule has 0 bridgehead atoms. The van der Waals surface area contributed by atoms with E-state index in [0.29, 0.717) is 22.8 Å². The maximum absolute atomic E-state index is 14.3. The van der Waals surface area contributed by atoms with Crippen LogP contribution in [0, 0.1) is 13.8 Å². The quantitative estimate of drug-likeness (QED) is 0.0346. The number of benzene rings is 6. The van der Waals surface area contributed by atoms with Gasteiger partial charge in [-0.1, -0.05) is 54.1 Å². The van der Waals surface area contributed by atoms with Gasteiger partial charge in [0.15, 0.2) is 0 Å². The average molecular weight is 1070 g/mol. The largest absolute Gasteiger partial charge is 0.478 e. The number of aromatic carboxylic acids is 1. The van der Waals surface area contributed by atoms with E-state index >= 15 is 0 Å². The zero-order valence-electron chi connectivity index (χ0n) is 42.4. The third-order valence-corrected chi connectivity index (χ3v) is 17.0. The van der Waals surface area contributed by atoms with Gasteiger partial charge in [-0.3, -0.25) is 4.72 Å². The van der Waals surface area contributed by atoms with Crippen LogP contribution in [0.25, 0.3) is 22.4 Å². The number of esters is 1. The maximum atomic E-state index is 14.3. The number of carboxylic acids is 1. The van der Waals surface area contributed by atoms with Gasteiger partial charge in [0.2, 0.25) is 0 Å². The minimum atomic E-state index is -3.88. The first-order valence-corrected chi connectivity index (χ1v) is 28.3. The van der Waals surface area contributed by atoms with Crippen molar-refractivity contribution >= 4 is 68.1 Å². The van der Waals surface area contributed by atoms with Crippen LogP contribution in [0.3, 0.4) is 0 Å². The number of hydrogen-bond acceptors (Lipinski definition) is 11. The molecule has 0 radical (unpaired) electrons. The minimum absolute atomic E-state index is 0.0916. The molecule has 3 heterocycles. The Kier molecular flexibility index (Phi) is 16.9. The van der Waals surface area contributed by atoms with Crippen LogP contribution >= 0.6 is 23.4 Å². The highest BCUT2D eigenvalue weighted by Crippen LogP contribution is 2.42. The maximum Gasteiger partial charge on any atom is 0.346 e. The molecular weight excluding hydrogens is 1000 g/mol. The molecule has 0 saturated carbocycles. The molecule has 0 aliphatic carbocycles. The number of carboxylic acid groups (broad SMARTS) is 1. The highest BCUT2D eigenvalue weighted by atomic mass is 35.5. The second-order valence-electron chi connectivity index (χ2n) is 19.1. The fraction of sp³-hybridized carbons (Fsp3) is 0.288. The Bertz CT molecular complexity index is 3210. The van der Waals surface area contributed by atoms with Crippen molar-refractivity contribution in [2.45, 2.75) is 68.5 Å². The first-order chi connectivity index (χ1) is 36.2. The summed E-state index contributed by atoms with van der Waals surface area (Å²) in [5.74, 6) is -0.532. The van der Waals surface area contributed by atoms with Crippen LogP contribution < -0.4 is 24.6 Å². The van der Waals surface area contributed by atoms with E-state index in [1.165, 1.54) is 29.2 Å². The number of nitrogens with one attached hydrogen (secondary N) is 2. The molecule has 9 rings (SSSR count). The SMILES string of the molecule is CCn1c(C)c(C(=O)Oc2ccc(C(=O)O)cc2)c(-c2cccc(N3CCN(c4ccc(NS(=O)(=O)c5ccc(N[C@H](CCN6CCC(O)CC6)CSc6ccccc6)c(C)c5)cc4)CC3)c2)c1-c1ccc(Cl)cc1. The summed E-state index contributed by atoms with van der Waals surface area (Å²) in [6, 6.07) is 44.8. The van der Waals surface area contributed by atoms with Crippen molar-refractivity contribution in [3.8, 4) is 28.1 Å². The molecule has 2 saturated heterocycles. The summed E-state index contributed by atoms with van der Waals surface area (Å²) < 4.78 is 38.4. The van der Waals surface area contributed by atoms with Gasteiger partial charge in [0.05, 0.1) is 27.8 Å². The number of thioether (sulfide) groups is 1. The van der Waals surface area contributed by atoms with Crippen molar-refractivity contribution in [3.63, 3.8) is 0 Å². The summed E-state index contributed by atoms with van der Waals surface area (Å²) in [5.41, 5.74) is 8.76. The first kappa shape index (κ1) is 53.1. The fourth-order valence-corrected chi connectivity index (χ4v) is 12.3. The normalized spacial score (nSPS) is 14.9. The molecule has 13 nitrogen and oxygen atoms in total. The average Bonchev–Trinajstić information content (AvgIpc) is 3.76. The number of aliphatic hydroxyl groups is 1. The monoisotopic (exact) mass is 1070 g/mol. The Labute approximate surface area is 449 Å². The number of halogens is 1. The lowest BCUT2D eigenvalue weighted by Gasteiger charge is -2.37. The van der Waals surface area contributed by atoms with E-state index in [2.05, 4.69) is 53.6 Å². The smallest absolute Gasteiger partial charge is 0.346 e. The number of piperazine rings is 1. The van der Waals surface area contributed by atoms with Gasteiger partial charge in [0, 0.05) is 108 Å². The molecule has 4 N–H and O–H groups in total. The van der Waals surface area contributed by atoms with Crippen LogP contribution in [0.15, 0.2) is 155 Å². The second-order valence-corrected chi connectivity index (χ2v) is 22.3. The van der Waals surface area contributed by atoms with Gasteiger partial charge < -0.3 is 39.5 Å². The van der Waals surface area contributed by atoms with Gasteiger partial charge in [0.25, 0.3) is 10.0 Å². The van der Waals surface area contributed by atoms with E-state index in [1.807, 2.05) is 93.6 Å². The third-order valence-electron chi connectivity index (χ3n) is 14.2. The Morgan fingerprint density at radius 1 is 0.773 bits per heavy atom. The number of carbonyl (C=O) groups excluding carboxylic acids is 1. The van der Waals surface area contributed by atoms with Crippen LogP contribution in [-0.2, 0) is 16.6 Å². The second kappa shape index (κ2) is 23.8. The van der Waals surface area contributed by atoms with Crippen LogP contribution in [0.5, 0.6) is 5.75 Å². The molecule has 6 aromatic carbocycles. The number of aliphatic hydroxyl groups excluding tert-OH is 1. The van der Waals surface area contributed by atoms with E-state index < -0.39 is 22.0 Å². The lowest BCUT2D eigenvalue weighted by molar-refractivity contribution is 0.0696. The number of anilines is 4. The Balaban J connectivity index is 0.857. The summed E-state index contributed by atoms with van der Waals surface area (Å²) >= 11 is 8.15. The van der Waals surface area contributed by atoms with Gasteiger partial charge in [-0.25, -0.2) is 18.0 Å². The van der Waals surface area contributed by atoms with Gasteiger partial charge in [0.1, 0.15) is 5.75 Å². The Morgan fingerprint density at radius 2 is 1.45 bits per heavy atom. The number of aryl methyl sites for hydroxylation is 1. The van der Waals surface area contributed by atoms with Crippen molar-refractivity contribution in [1.29, 1.82) is 0 Å². The number of ether oxygens (including phenoxy) is 1. The summed E-state index contributed by atoms with van der Waals surface area (Å²) in [6.07, 6.45) is 2.31. The molecule has 0 amide bonds. The van der Waals surface area contributed by atoms with E-state index in [0.717, 1.165) is 122 Å². The predicted molar refractivity (Wildman–Crippen MR) is 303 cm³/mol. The minimum Gasteiger partial charge on any atom is -0.478 e. The topological polar surface area (TPSA) is 157 Å². The Hall–Kier alpha value is -6.75. The van der Waals surface area contributed by atoms with Gasteiger partial charge in [-0.15, -0.1) is 11.8 Å². The lowest BCUT2D eigenvalue weighted by atomic mass is 9.96. The fourth-order valence-electron chi connectivity index (χ4n) is 10.0. The highest BCUT2D eigenvalue weighted by Gasteiger charge is 2.29. The van der Waals surface area contributed by atoms with Crippen LogP contribution in [-0.4, -0.2) is 104 Å². The van der Waals surface area contributed by atoms with E-state index in [4.69, 9.17) is 16.3 Å². The lowest BCUT2D eigenvalue weighted by Crippen LogP contribution is -2.46. The number of sulfonamides is 1. The summed E-state index contributed by atoms with van der Waals surface area (Å²) in [5, 5.41) is 23.7.